The van der Waals surface area contributed by atoms with Gasteiger partial charge in [-0.2, -0.15) is 0 Å². The number of likely N-dealkylation sites (tertiary alicyclic amines) is 1. The van der Waals surface area contributed by atoms with Crippen LogP contribution in [0, 0.1) is 6.92 Å². The third-order valence-corrected chi connectivity index (χ3v) is 6.87. The number of halogens is 1. The smallest absolute Gasteiger partial charge is 0.308 e. The van der Waals surface area contributed by atoms with Crippen molar-refractivity contribution >= 4 is 39.3 Å². The maximum absolute atomic E-state index is 13.2. The van der Waals surface area contributed by atoms with E-state index in [0.29, 0.717) is 30.0 Å². The molecular weight excluding hydrogens is 500 g/mol. The Hall–Kier alpha value is -2.97. The highest BCUT2D eigenvalue weighted by Crippen LogP contribution is 2.40. The number of carbonyl (C=O) groups is 3. The van der Waals surface area contributed by atoms with E-state index in [1.165, 1.54) is 11.8 Å². The van der Waals surface area contributed by atoms with Gasteiger partial charge in [0, 0.05) is 30.0 Å². The number of carbonyl (C=O) groups excluding carboxylic acids is 3. The number of amides is 1. The maximum atomic E-state index is 13.2. The molecule has 180 valence electrons. The molecule has 1 saturated heterocycles. The standard InChI is InChI=1S/C26H29BrN2O5/c1-5-28(6-2)13-14-29-23(18-7-10-20(11-8-18)34-17(4)30)22(25(32)26(29)33)24(31)19-9-12-21(27)16(3)15-19/h7-12,15,23,31H,5-6,13-14H2,1-4H3/b24-22-. The Bertz CT molecular complexity index is 1120. The van der Waals surface area contributed by atoms with Crippen LogP contribution in [0.2, 0.25) is 0 Å². The molecule has 0 aliphatic carbocycles. The SMILES string of the molecule is CCN(CC)CCN1C(=O)C(=O)/C(=C(\O)c2ccc(Br)c(C)c2)C1c1ccc(OC(C)=O)cc1. The molecule has 0 aromatic heterocycles. The number of esters is 1. The van der Waals surface area contributed by atoms with Crippen LogP contribution in [0.25, 0.3) is 5.76 Å². The molecule has 0 bridgehead atoms. The number of hydrogen-bond acceptors (Lipinski definition) is 6. The van der Waals surface area contributed by atoms with Crippen LogP contribution < -0.4 is 4.74 Å². The Morgan fingerprint density at radius 3 is 2.32 bits per heavy atom. The molecule has 1 fully saturated rings. The van der Waals surface area contributed by atoms with Gasteiger partial charge in [-0.3, -0.25) is 14.4 Å². The third kappa shape index (κ3) is 5.39. The van der Waals surface area contributed by atoms with Gasteiger partial charge in [0.05, 0.1) is 11.6 Å². The lowest BCUT2D eigenvalue weighted by Gasteiger charge is -2.28. The van der Waals surface area contributed by atoms with E-state index in [9.17, 15) is 19.5 Å². The van der Waals surface area contributed by atoms with Crippen LogP contribution in [0.15, 0.2) is 52.5 Å². The van der Waals surface area contributed by atoms with Gasteiger partial charge in [0.2, 0.25) is 0 Å². The first kappa shape index (κ1) is 25.6. The van der Waals surface area contributed by atoms with Crippen molar-refractivity contribution < 1.29 is 24.2 Å². The van der Waals surface area contributed by atoms with Gasteiger partial charge in [-0.1, -0.05) is 48.0 Å². The van der Waals surface area contributed by atoms with Crippen LogP contribution in [0.5, 0.6) is 5.75 Å². The molecule has 1 N–H and O–H groups in total. The number of aliphatic hydroxyl groups is 1. The summed E-state index contributed by atoms with van der Waals surface area (Å²) >= 11 is 3.45. The number of Topliss-reactive ketones (excluding diaryl/α,β-unsaturated/α-hetero) is 1. The number of aryl methyl sites for hydroxylation is 1. The number of nitrogens with zero attached hydrogens (tertiary/aromatic N) is 2. The monoisotopic (exact) mass is 528 g/mol. The molecule has 0 radical (unpaired) electrons. The van der Waals surface area contributed by atoms with Crippen LogP contribution in [0.4, 0.5) is 0 Å². The van der Waals surface area contributed by atoms with E-state index in [1.54, 1.807) is 42.5 Å². The van der Waals surface area contributed by atoms with Crippen molar-refractivity contribution in [3.63, 3.8) is 0 Å². The molecule has 3 rings (SSSR count). The van der Waals surface area contributed by atoms with Gasteiger partial charge in [0.25, 0.3) is 11.7 Å². The molecule has 0 spiro atoms. The average molecular weight is 529 g/mol. The Morgan fingerprint density at radius 2 is 1.76 bits per heavy atom. The molecule has 34 heavy (non-hydrogen) atoms. The fourth-order valence-corrected chi connectivity index (χ4v) is 4.32. The summed E-state index contributed by atoms with van der Waals surface area (Å²) in [5.74, 6) is -1.65. The van der Waals surface area contributed by atoms with E-state index >= 15 is 0 Å². The van der Waals surface area contributed by atoms with Crippen molar-refractivity contribution in [3.05, 3.63) is 69.2 Å². The van der Waals surface area contributed by atoms with Crippen molar-refractivity contribution in [1.29, 1.82) is 0 Å². The number of rotatable bonds is 8. The lowest BCUT2D eigenvalue weighted by Crippen LogP contribution is -2.38. The second-order valence-electron chi connectivity index (χ2n) is 8.15. The predicted molar refractivity (Wildman–Crippen MR) is 133 cm³/mol. The largest absolute Gasteiger partial charge is 0.507 e. The average Bonchev–Trinajstić information content (AvgIpc) is 3.06. The fraction of sp³-hybridized carbons (Fsp3) is 0.346. The summed E-state index contributed by atoms with van der Waals surface area (Å²) in [4.78, 5) is 41.2. The Labute approximate surface area is 208 Å². The summed E-state index contributed by atoms with van der Waals surface area (Å²) < 4.78 is 5.99. The fourth-order valence-electron chi connectivity index (χ4n) is 4.08. The molecule has 0 saturated carbocycles. The van der Waals surface area contributed by atoms with Gasteiger partial charge in [0.15, 0.2) is 0 Å². The quantitative estimate of drug-likeness (QED) is 0.179. The van der Waals surface area contributed by atoms with Crippen LogP contribution in [-0.2, 0) is 14.4 Å². The molecule has 1 unspecified atom stereocenters. The molecule has 2 aromatic rings. The zero-order valence-electron chi connectivity index (χ0n) is 19.8. The lowest BCUT2D eigenvalue weighted by molar-refractivity contribution is -0.140. The van der Waals surface area contributed by atoms with Crippen LogP contribution >= 0.6 is 15.9 Å². The van der Waals surface area contributed by atoms with Crippen molar-refractivity contribution in [1.82, 2.24) is 9.80 Å². The highest BCUT2D eigenvalue weighted by atomic mass is 79.9. The topological polar surface area (TPSA) is 87.2 Å². The van der Waals surface area contributed by atoms with E-state index in [-0.39, 0.29) is 11.3 Å². The zero-order chi connectivity index (χ0) is 25.0. The molecule has 1 atom stereocenters. The molecule has 7 nitrogen and oxygen atoms in total. The number of likely N-dealkylation sites (N-methyl/N-ethyl adjacent to an activating group) is 1. The lowest BCUT2D eigenvalue weighted by atomic mass is 9.95. The number of benzene rings is 2. The number of aliphatic hydroxyl groups excluding tert-OH is 1. The second-order valence-corrected chi connectivity index (χ2v) is 9.00. The summed E-state index contributed by atoms with van der Waals surface area (Å²) in [6.07, 6.45) is 0. The van der Waals surface area contributed by atoms with E-state index in [1.807, 2.05) is 20.8 Å². The van der Waals surface area contributed by atoms with Crippen LogP contribution in [0.1, 0.15) is 43.5 Å². The minimum Gasteiger partial charge on any atom is -0.507 e. The molecule has 1 aliphatic rings. The van der Waals surface area contributed by atoms with Gasteiger partial charge in [0.1, 0.15) is 11.5 Å². The zero-order valence-corrected chi connectivity index (χ0v) is 21.4. The van der Waals surface area contributed by atoms with Crippen molar-refractivity contribution in [3.8, 4) is 5.75 Å². The van der Waals surface area contributed by atoms with E-state index in [4.69, 9.17) is 4.74 Å². The first-order valence-electron chi connectivity index (χ1n) is 11.2. The van der Waals surface area contributed by atoms with Gasteiger partial charge < -0.3 is 19.6 Å². The minimum atomic E-state index is -0.758. The highest BCUT2D eigenvalue weighted by Gasteiger charge is 2.46. The van der Waals surface area contributed by atoms with Gasteiger partial charge >= 0.3 is 5.97 Å². The summed E-state index contributed by atoms with van der Waals surface area (Å²) in [6.45, 7) is 9.85. The first-order valence-corrected chi connectivity index (χ1v) is 12.0. The summed E-state index contributed by atoms with van der Waals surface area (Å²) in [5.41, 5.74) is 2.04. The van der Waals surface area contributed by atoms with Crippen molar-refractivity contribution in [2.24, 2.45) is 0 Å². The van der Waals surface area contributed by atoms with E-state index < -0.39 is 23.7 Å². The van der Waals surface area contributed by atoms with E-state index in [2.05, 4.69) is 20.8 Å². The van der Waals surface area contributed by atoms with Gasteiger partial charge in [-0.25, -0.2) is 0 Å². The minimum absolute atomic E-state index is 0.0477. The maximum Gasteiger partial charge on any atom is 0.308 e. The summed E-state index contributed by atoms with van der Waals surface area (Å²) in [6, 6.07) is 11.2. The first-order chi connectivity index (χ1) is 16.2. The van der Waals surface area contributed by atoms with E-state index in [0.717, 1.165) is 23.1 Å². The number of ether oxygens (including phenoxy) is 1. The number of ketones is 1. The summed E-state index contributed by atoms with van der Waals surface area (Å²) in [7, 11) is 0. The molecule has 1 amide bonds. The van der Waals surface area contributed by atoms with Crippen LogP contribution in [0.3, 0.4) is 0 Å². The van der Waals surface area contributed by atoms with Gasteiger partial charge in [-0.15, -0.1) is 0 Å². The van der Waals surface area contributed by atoms with Crippen molar-refractivity contribution in [2.75, 3.05) is 26.2 Å². The Morgan fingerprint density at radius 1 is 1.12 bits per heavy atom. The van der Waals surface area contributed by atoms with Gasteiger partial charge in [-0.05, 0) is 55.4 Å². The highest BCUT2D eigenvalue weighted by molar-refractivity contribution is 9.10. The number of hydrogen-bond donors (Lipinski definition) is 1. The Balaban J connectivity index is 2.10. The Kier molecular flexibility index (Phi) is 8.28. The molecule has 1 aliphatic heterocycles. The third-order valence-electron chi connectivity index (χ3n) is 5.98. The molecule has 8 heteroatoms. The summed E-state index contributed by atoms with van der Waals surface area (Å²) in [5, 5.41) is 11.2. The predicted octanol–water partition coefficient (Wildman–Crippen LogP) is 4.45. The molecule has 2 aromatic carbocycles. The second kappa shape index (κ2) is 11.0. The molecular formula is C26H29BrN2O5. The van der Waals surface area contributed by atoms with Crippen molar-refractivity contribution in [2.45, 2.75) is 33.7 Å². The normalized spacial score (nSPS) is 17.5. The molecule has 1 heterocycles. The van der Waals surface area contributed by atoms with Crippen LogP contribution in [-0.4, -0.2) is 58.7 Å².